The SMILES string of the molecule is CCCCC/C=C\C/C=C\CCCCCCCC(=O)OCC(COC(=O)CCCCCCC/C=C\C/C=C\CCCCC)OC(=O)CCC(CCCCCC)OC(=O)NCCN1CCC1. The van der Waals surface area contributed by atoms with E-state index in [1.54, 1.807) is 0 Å². The third-order valence-corrected chi connectivity index (χ3v) is 11.8. The molecule has 374 valence electrons. The van der Waals surface area contributed by atoms with Crippen LogP contribution in [0, 0.1) is 0 Å². The molecule has 1 heterocycles. The Hall–Kier alpha value is -3.40. The van der Waals surface area contributed by atoms with Crippen LogP contribution in [0.3, 0.4) is 0 Å². The Kier molecular flexibility index (Phi) is 42.0. The minimum atomic E-state index is -0.918. The monoisotopic (exact) mass is 913 g/mol. The summed E-state index contributed by atoms with van der Waals surface area (Å²) in [4.78, 5) is 53.5. The van der Waals surface area contributed by atoms with Crippen LogP contribution in [0.5, 0.6) is 0 Å². The number of alkyl carbamates (subject to hydrolysis) is 1. The number of unbranched alkanes of at least 4 members (excludes halogenated alkanes) is 19. The largest absolute Gasteiger partial charge is 0.462 e. The molecule has 0 radical (unpaired) electrons. The van der Waals surface area contributed by atoms with Crippen molar-refractivity contribution in [3.05, 3.63) is 48.6 Å². The van der Waals surface area contributed by atoms with Crippen molar-refractivity contribution in [2.24, 2.45) is 0 Å². The van der Waals surface area contributed by atoms with Gasteiger partial charge in [-0.1, -0.05) is 153 Å². The van der Waals surface area contributed by atoms with E-state index < -0.39 is 24.3 Å². The van der Waals surface area contributed by atoms with Gasteiger partial charge in [0.1, 0.15) is 19.3 Å². The summed E-state index contributed by atoms with van der Waals surface area (Å²) >= 11 is 0. The second kappa shape index (κ2) is 45.7. The van der Waals surface area contributed by atoms with E-state index in [1.165, 1.54) is 57.8 Å². The van der Waals surface area contributed by atoms with E-state index in [-0.39, 0.29) is 44.4 Å². The van der Waals surface area contributed by atoms with Crippen LogP contribution in [0.25, 0.3) is 0 Å². The summed E-state index contributed by atoms with van der Waals surface area (Å²) in [5.74, 6) is -1.22. The van der Waals surface area contributed by atoms with Crippen molar-refractivity contribution in [1.29, 1.82) is 0 Å². The van der Waals surface area contributed by atoms with Crippen molar-refractivity contribution in [2.75, 3.05) is 39.4 Å². The van der Waals surface area contributed by atoms with Gasteiger partial charge in [-0.15, -0.1) is 0 Å². The molecule has 65 heavy (non-hydrogen) atoms. The van der Waals surface area contributed by atoms with Crippen molar-refractivity contribution in [3.63, 3.8) is 0 Å². The molecule has 10 heteroatoms. The van der Waals surface area contributed by atoms with E-state index in [9.17, 15) is 19.2 Å². The van der Waals surface area contributed by atoms with E-state index in [4.69, 9.17) is 18.9 Å². The minimum absolute atomic E-state index is 0.0236. The molecule has 1 amide bonds. The van der Waals surface area contributed by atoms with Crippen molar-refractivity contribution in [1.82, 2.24) is 10.2 Å². The third kappa shape index (κ3) is 40.6. The maximum Gasteiger partial charge on any atom is 0.407 e. The van der Waals surface area contributed by atoms with E-state index >= 15 is 0 Å². The first-order valence-corrected chi connectivity index (χ1v) is 26.6. The first-order chi connectivity index (χ1) is 31.9. The molecule has 0 aromatic heterocycles. The van der Waals surface area contributed by atoms with Crippen LogP contribution in [0.1, 0.15) is 226 Å². The second-order valence-electron chi connectivity index (χ2n) is 18.0. The maximum atomic E-state index is 13.2. The summed E-state index contributed by atoms with van der Waals surface area (Å²) in [6.45, 7) is 9.68. The lowest BCUT2D eigenvalue weighted by Gasteiger charge is -2.30. The topological polar surface area (TPSA) is 120 Å². The Labute approximate surface area is 397 Å². The van der Waals surface area contributed by atoms with Crippen LogP contribution in [-0.2, 0) is 33.3 Å². The van der Waals surface area contributed by atoms with Crippen LogP contribution in [0.2, 0.25) is 0 Å². The van der Waals surface area contributed by atoms with Crippen molar-refractivity contribution in [3.8, 4) is 0 Å². The maximum absolute atomic E-state index is 13.2. The van der Waals surface area contributed by atoms with E-state index in [2.05, 4.69) is 79.6 Å². The summed E-state index contributed by atoms with van der Waals surface area (Å²) in [6.07, 6.45) is 47.4. The number of nitrogens with zero attached hydrogens (tertiary/aromatic N) is 1. The molecule has 0 bridgehead atoms. The summed E-state index contributed by atoms with van der Waals surface area (Å²) in [5, 5.41) is 2.85. The Balaban J connectivity index is 2.52. The summed E-state index contributed by atoms with van der Waals surface area (Å²) in [7, 11) is 0. The molecule has 1 aliphatic rings. The minimum Gasteiger partial charge on any atom is -0.462 e. The molecule has 0 aromatic carbocycles. The number of carbonyl (C=O) groups excluding carboxylic acids is 4. The smallest absolute Gasteiger partial charge is 0.407 e. The van der Waals surface area contributed by atoms with Gasteiger partial charge in [0.25, 0.3) is 0 Å². The lowest BCUT2D eigenvalue weighted by atomic mass is 10.1. The van der Waals surface area contributed by atoms with Crippen LogP contribution in [0.15, 0.2) is 48.6 Å². The average Bonchev–Trinajstić information content (AvgIpc) is 3.28. The zero-order chi connectivity index (χ0) is 47.1. The first-order valence-electron chi connectivity index (χ1n) is 26.6. The number of likely N-dealkylation sites (tertiary alicyclic amines) is 1. The highest BCUT2D eigenvalue weighted by Crippen LogP contribution is 2.16. The standard InChI is InChI=1S/C55H96N2O8/c1-4-7-10-13-15-17-19-21-23-25-27-29-31-33-36-40-52(58)62-48-51(49-63-53(59)41-37-34-32-30-28-26-24-22-20-18-16-14-11-8-5-2)64-54(60)43-42-50(39-35-12-9-6-3)65-55(61)56-44-47-57-45-38-46-57/h15-18,21-24,50-51H,4-14,19-20,25-49H2,1-3H3,(H,56,61)/b17-15-,18-16-,23-21-,24-22-. The predicted molar refractivity (Wildman–Crippen MR) is 268 cm³/mol. The Morgan fingerprint density at radius 1 is 0.477 bits per heavy atom. The van der Waals surface area contributed by atoms with Crippen molar-refractivity contribution in [2.45, 2.75) is 238 Å². The number of esters is 3. The van der Waals surface area contributed by atoms with Crippen molar-refractivity contribution >= 4 is 24.0 Å². The van der Waals surface area contributed by atoms with Gasteiger partial charge in [-0.2, -0.15) is 0 Å². The Morgan fingerprint density at radius 2 is 0.923 bits per heavy atom. The van der Waals surface area contributed by atoms with Gasteiger partial charge in [0.05, 0.1) is 0 Å². The van der Waals surface area contributed by atoms with Crippen LogP contribution in [-0.4, -0.2) is 80.5 Å². The molecule has 0 aliphatic carbocycles. The quantitative estimate of drug-likeness (QED) is 0.0275. The number of nitrogens with one attached hydrogen (secondary N) is 1. The van der Waals surface area contributed by atoms with Crippen LogP contribution >= 0.6 is 0 Å². The number of ether oxygens (including phenoxy) is 4. The molecule has 1 N–H and O–H groups in total. The summed E-state index contributed by atoms with van der Waals surface area (Å²) in [5.41, 5.74) is 0. The van der Waals surface area contributed by atoms with E-state index in [0.29, 0.717) is 19.4 Å². The molecule has 1 rings (SSSR count). The Morgan fingerprint density at radius 3 is 1.40 bits per heavy atom. The van der Waals surface area contributed by atoms with Gasteiger partial charge in [-0.05, 0) is 116 Å². The fourth-order valence-corrected chi connectivity index (χ4v) is 7.49. The van der Waals surface area contributed by atoms with Gasteiger partial charge in [0, 0.05) is 32.4 Å². The third-order valence-electron chi connectivity index (χ3n) is 11.8. The number of carbonyl (C=O) groups is 4. The van der Waals surface area contributed by atoms with Gasteiger partial charge in [0.2, 0.25) is 0 Å². The summed E-state index contributed by atoms with van der Waals surface area (Å²) < 4.78 is 22.6. The van der Waals surface area contributed by atoms with Crippen molar-refractivity contribution < 1.29 is 38.1 Å². The molecule has 1 unspecified atom stereocenters. The highest BCUT2D eigenvalue weighted by molar-refractivity contribution is 5.71. The fourth-order valence-electron chi connectivity index (χ4n) is 7.49. The fraction of sp³-hybridized carbons (Fsp3) is 0.782. The number of hydrogen-bond acceptors (Lipinski definition) is 9. The zero-order valence-electron chi connectivity index (χ0n) is 41.9. The molecular weight excluding hydrogens is 817 g/mol. The van der Waals surface area contributed by atoms with E-state index in [0.717, 1.165) is 135 Å². The van der Waals surface area contributed by atoms with Gasteiger partial charge in [-0.3, -0.25) is 14.4 Å². The molecule has 0 aromatic rings. The van der Waals surface area contributed by atoms with Gasteiger partial charge >= 0.3 is 24.0 Å². The average molecular weight is 913 g/mol. The molecule has 0 saturated carbocycles. The highest BCUT2D eigenvalue weighted by Gasteiger charge is 2.22. The molecule has 0 spiro atoms. The number of hydrogen-bond donors (Lipinski definition) is 1. The molecule has 1 saturated heterocycles. The lowest BCUT2D eigenvalue weighted by Crippen LogP contribution is -2.43. The Bertz CT molecular complexity index is 1210. The van der Waals surface area contributed by atoms with E-state index in [1.807, 2.05) is 0 Å². The normalized spacial score (nSPS) is 13.6. The van der Waals surface area contributed by atoms with Crippen LogP contribution < -0.4 is 5.32 Å². The van der Waals surface area contributed by atoms with Gasteiger partial charge in [0.15, 0.2) is 6.10 Å². The number of allylic oxidation sites excluding steroid dienone is 8. The molecule has 1 aliphatic heterocycles. The lowest BCUT2D eigenvalue weighted by molar-refractivity contribution is -0.167. The zero-order valence-corrected chi connectivity index (χ0v) is 41.9. The molecular formula is C55H96N2O8. The highest BCUT2D eigenvalue weighted by atomic mass is 16.6. The predicted octanol–water partition coefficient (Wildman–Crippen LogP) is 14.2. The van der Waals surface area contributed by atoms with Gasteiger partial charge in [-0.25, -0.2) is 4.79 Å². The first kappa shape index (κ1) is 59.6. The van der Waals surface area contributed by atoms with Gasteiger partial charge < -0.3 is 29.2 Å². The molecule has 1 fully saturated rings. The summed E-state index contributed by atoms with van der Waals surface area (Å²) in [6, 6.07) is 0. The molecule has 10 nitrogen and oxygen atoms in total. The van der Waals surface area contributed by atoms with Crippen LogP contribution in [0.4, 0.5) is 4.79 Å². The molecule has 1 atom stereocenters. The number of amides is 1. The number of rotatable bonds is 45. The second-order valence-corrected chi connectivity index (χ2v) is 18.0.